The number of carbonyl (C=O) groups excluding carboxylic acids is 1. The molecule has 0 bridgehead atoms. The van der Waals surface area contributed by atoms with E-state index in [1.54, 1.807) is 18.2 Å². The molecule has 0 N–H and O–H groups in total. The van der Waals surface area contributed by atoms with Gasteiger partial charge in [-0.05, 0) is 37.1 Å². The molecule has 0 fully saturated rings. The second-order valence-electron chi connectivity index (χ2n) is 4.95. The third kappa shape index (κ3) is 3.61. The van der Waals surface area contributed by atoms with E-state index in [9.17, 15) is 13.6 Å². The molecule has 6 heteroatoms. The van der Waals surface area contributed by atoms with E-state index in [-0.39, 0.29) is 18.9 Å². The van der Waals surface area contributed by atoms with E-state index in [2.05, 4.69) is 0 Å². The molecule has 1 heterocycles. The predicted molar refractivity (Wildman–Crippen MR) is 77.2 cm³/mol. The fourth-order valence-electron chi connectivity index (χ4n) is 2.43. The van der Waals surface area contributed by atoms with Crippen LogP contribution >= 0.6 is 0 Å². The van der Waals surface area contributed by atoms with Gasteiger partial charge in [0.25, 0.3) is 6.43 Å². The molecule has 4 nitrogen and oxygen atoms in total. The van der Waals surface area contributed by atoms with Gasteiger partial charge >= 0.3 is 0 Å². The standard InChI is InChI=1S/C16H16F2N2O2/c1-11-9-12(22-8-7-19)5-6-13(11)14-3-2-4-16(21)20(14)10-15(17)18/h3,5-6,9,15H,2,4,8,10H2,1H3. The van der Waals surface area contributed by atoms with E-state index in [0.717, 1.165) is 16.0 Å². The smallest absolute Gasteiger partial charge is 0.256 e. The number of amides is 1. The van der Waals surface area contributed by atoms with Gasteiger partial charge in [-0.25, -0.2) is 8.78 Å². The van der Waals surface area contributed by atoms with Crippen LogP contribution in [-0.2, 0) is 4.79 Å². The lowest BCUT2D eigenvalue weighted by Crippen LogP contribution is -2.35. The van der Waals surface area contributed by atoms with Crippen LogP contribution in [0.5, 0.6) is 5.75 Å². The zero-order valence-electron chi connectivity index (χ0n) is 12.2. The summed E-state index contributed by atoms with van der Waals surface area (Å²) in [7, 11) is 0. The minimum absolute atomic E-state index is 0.0581. The summed E-state index contributed by atoms with van der Waals surface area (Å²) in [5.41, 5.74) is 2.04. The highest BCUT2D eigenvalue weighted by atomic mass is 19.3. The molecule has 1 aromatic carbocycles. The Labute approximate surface area is 127 Å². The number of benzene rings is 1. The van der Waals surface area contributed by atoms with Gasteiger partial charge in [0.05, 0.1) is 6.54 Å². The second-order valence-corrected chi connectivity index (χ2v) is 4.95. The molecular formula is C16H16F2N2O2. The Bertz CT molecular complexity index is 636. The van der Waals surface area contributed by atoms with Crippen molar-refractivity contribution in [3.05, 3.63) is 35.4 Å². The highest BCUT2D eigenvalue weighted by Gasteiger charge is 2.26. The topological polar surface area (TPSA) is 53.3 Å². The molecule has 0 atom stereocenters. The first kappa shape index (κ1) is 16.0. The Hall–Kier alpha value is -2.42. The molecule has 0 unspecified atom stereocenters. The number of nitriles is 1. The largest absolute Gasteiger partial charge is 0.479 e. The van der Waals surface area contributed by atoms with Crippen molar-refractivity contribution in [2.75, 3.05) is 13.2 Å². The molecule has 0 spiro atoms. The van der Waals surface area contributed by atoms with Crippen LogP contribution in [0.3, 0.4) is 0 Å². The average Bonchev–Trinajstić information content (AvgIpc) is 2.47. The lowest BCUT2D eigenvalue weighted by Gasteiger charge is -2.29. The minimum Gasteiger partial charge on any atom is -0.479 e. The summed E-state index contributed by atoms with van der Waals surface area (Å²) in [5, 5.41) is 8.50. The van der Waals surface area contributed by atoms with Crippen molar-refractivity contribution < 1.29 is 18.3 Å². The molecule has 0 saturated heterocycles. The molecule has 116 valence electrons. The minimum atomic E-state index is -2.58. The fraction of sp³-hybridized carbons (Fsp3) is 0.375. The van der Waals surface area contributed by atoms with E-state index in [1.165, 1.54) is 0 Å². The van der Waals surface area contributed by atoms with Crippen LogP contribution in [0.25, 0.3) is 5.70 Å². The molecule has 1 amide bonds. The van der Waals surface area contributed by atoms with Crippen molar-refractivity contribution in [3.63, 3.8) is 0 Å². The molecule has 0 aromatic heterocycles. The summed E-state index contributed by atoms with van der Waals surface area (Å²) in [4.78, 5) is 13.1. The van der Waals surface area contributed by atoms with E-state index in [0.29, 0.717) is 17.9 Å². The number of hydrogen-bond acceptors (Lipinski definition) is 3. The van der Waals surface area contributed by atoms with Crippen molar-refractivity contribution >= 4 is 11.6 Å². The number of ether oxygens (including phenoxy) is 1. The molecule has 2 rings (SSSR count). The third-order valence-electron chi connectivity index (χ3n) is 3.39. The lowest BCUT2D eigenvalue weighted by atomic mass is 10.00. The van der Waals surface area contributed by atoms with Gasteiger partial charge in [-0.3, -0.25) is 4.79 Å². The van der Waals surface area contributed by atoms with Crippen LogP contribution in [0, 0.1) is 18.3 Å². The number of carbonyl (C=O) groups is 1. The van der Waals surface area contributed by atoms with E-state index in [1.807, 2.05) is 19.1 Å². The zero-order chi connectivity index (χ0) is 16.1. The van der Waals surface area contributed by atoms with Gasteiger partial charge in [0.15, 0.2) is 6.61 Å². The maximum Gasteiger partial charge on any atom is 0.256 e. The van der Waals surface area contributed by atoms with Gasteiger partial charge in [-0.15, -0.1) is 0 Å². The van der Waals surface area contributed by atoms with E-state index < -0.39 is 13.0 Å². The van der Waals surface area contributed by atoms with Crippen molar-refractivity contribution in [2.24, 2.45) is 0 Å². The van der Waals surface area contributed by atoms with E-state index in [4.69, 9.17) is 10.00 Å². The van der Waals surface area contributed by atoms with Crippen LogP contribution < -0.4 is 4.74 Å². The summed E-state index contributed by atoms with van der Waals surface area (Å²) in [6.07, 6.45) is 0.0182. The number of aryl methyl sites for hydroxylation is 1. The highest BCUT2D eigenvalue weighted by Crippen LogP contribution is 2.30. The molecular weight excluding hydrogens is 290 g/mol. The number of hydrogen-bond donors (Lipinski definition) is 0. The highest BCUT2D eigenvalue weighted by molar-refractivity contribution is 5.89. The van der Waals surface area contributed by atoms with Crippen molar-refractivity contribution in [1.82, 2.24) is 4.90 Å². The quantitative estimate of drug-likeness (QED) is 0.840. The fourth-order valence-corrected chi connectivity index (χ4v) is 2.43. The normalized spacial score (nSPS) is 14.8. The van der Waals surface area contributed by atoms with Crippen molar-refractivity contribution in [2.45, 2.75) is 26.2 Å². The summed E-state index contributed by atoms with van der Waals surface area (Å²) < 4.78 is 30.6. The molecule has 0 radical (unpaired) electrons. The Morgan fingerprint density at radius 3 is 2.86 bits per heavy atom. The Balaban J connectivity index is 2.30. The molecule has 0 saturated carbocycles. The summed E-state index contributed by atoms with van der Waals surface area (Å²) in [6, 6.07) is 7.00. The first-order chi connectivity index (χ1) is 10.5. The zero-order valence-corrected chi connectivity index (χ0v) is 12.2. The Morgan fingerprint density at radius 1 is 1.45 bits per heavy atom. The third-order valence-corrected chi connectivity index (χ3v) is 3.39. The molecule has 1 aliphatic heterocycles. The molecule has 0 aliphatic carbocycles. The van der Waals surface area contributed by atoms with E-state index >= 15 is 0 Å². The van der Waals surface area contributed by atoms with Gasteiger partial charge in [0.1, 0.15) is 11.8 Å². The maximum atomic E-state index is 12.7. The predicted octanol–water partition coefficient (Wildman–Crippen LogP) is 3.13. The summed E-state index contributed by atoms with van der Waals surface area (Å²) in [6.45, 7) is 1.16. The van der Waals surface area contributed by atoms with Gasteiger partial charge in [0, 0.05) is 17.7 Å². The van der Waals surface area contributed by atoms with Crippen LogP contribution in [0.15, 0.2) is 24.3 Å². The first-order valence-electron chi connectivity index (χ1n) is 6.92. The molecule has 1 aliphatic rings. The number of allylic oxidation sites excluding steroid dienone is 1. The van der Waals surface area contributed by atoms with Gasteiger partial charge < -0.3 is 9.64 Å². The molecule has 1 aromatic rings. The average molecular weight is 306 g/mol. The van der Waals surface area contributed by atoms with Crippen LogP contribution in [0.4, 0.5) is 8.78 Å². The number of halogens is 2. The monoisotopic (exact) mass is 306 g/mol. The van der Waals surface area contributed by atoms with Crippen molar-refractivity contribution in [3.8, 4) is 11.8 Å². The van der Waals surface area contributed by atoms with Crippen molar-refractivity contribution in [1.29, 1.82) is 5.26 Å². The van der Waals surface area contributed by atoms with Gasteiger partial charge in [-0.2, -0.15) is 5.26 Å². The van der Waals surface area contributed by atoms with Gasteiger partial charge in [0.2, 0.25) is 5.91 Å². The second kappa shape index (κ2) is 7.03. The Kier molecular flexibility index (Phi) is 5.10. The maximum absolute atomic E-state index is 12.7. The summed E-state index contributed by atoms with van der Waals surface area (Å²) >= 11 is 0. The van der Waals surface area contributed by atoms with Crippen LogP contribution in [0.1, 0.15) is 24.0 Å². The summed E-state index contributed by atoms with van der Waals surface area (Å²) in [5.74, 6) is 0.243. The lowest BCUT2D eigenvalue weighted by molar-refractivity contribution is -0.129. The van der Waals surface area contributed by atoms with Crippen LogP contribution in [-0.4, -0.2) is 30.4 Å². The number of alkyl halides is 2. The number of rotatable bonds is 5. The Morgan fingerprint density at radius 2 is 2.23 bits per heavy atom. The van der Waals surface area contributed by atoms with Gasteiger partial charge in [-0.1, -0.05) is 6.08 Å². The number of nitrogens with zero attached hydrogens (tertiary/aromatic N) is 2. The molecule has 22 heavy (non-hydrogen) atoms. The van der Waals surface area contributed by atoms with Crippen LogP contribution in [0.2, 0.25) is 0 Å². The SMILES string of the molecule is Cc1cc(OCC#N)ccc1C1=CCCC(=O)N1CC(F)F. The first-order valence-corrected chi connectivity index (χ1v) is 6.92.